The number of fused-ring (bicyclic) bond motifs is 4. The molecule has 0 atom stereocenters. The fraction of sp³-hybridized carbons (Fsp3) is 0. The van der Waals surface area contributed by atoms with Gasteiger partial charge in [0.1, 0.15) is 16.9 Å². The Bertz CT molecular complexity index is 2880. The first-order valence-corrected chi connectivity index (χ1v) is 14.9. The van der Waals surface area contributed by atoms with Crippen LogP contribution in [0.3, 0.4) is 0 Å². The number of hydrogen-bond donors (Lipinski definition) is 0. The van der Waals surface area contributed by atoms with Gasteiger partial charge in [-0.2, -0.15) is 0 Å². The number of rotatable bonds is 2. The van der Waals surface area contributed by atoms with Crippen LogP contribution in [-0.2, 0) is 0 Å². The molecule has 4 heteroatoms. The van der Waals surface area contributed by atoms with Gasteiger partial charge in [0, 0.05) is 32.5 Å². The third-order valence-corrected chi connectivity index (χ3v) is 9.49. The molecule has 4 nitrogen and oxygen atoms in total. The van der Waals surface area contributed by atoms with Gasteiger partial charge in [-0.3, -0.25) is 4.57 Å². The monoisotopic (exact) mass is 559 g/mol. The molecule has 11 rings (SSSR count). The van der Waals surface area contributed by atoms with Crippen molar-refractivity contribution >= 4 is 76.3 Å². The van der Waals surface area contributed by atoms with Crippen LogP contribution in [-0.4, -0.2) is 14.5 Å². The van der Waals surface area contributed by atoms with Crippen molar-refractivity contribution in [2.45, 2.75) is 0 Å². The van der Waals surface area contributed by atoms with E-state index in [0.717, 1.165) is 61.1 Å². The maximum atomic E-state index is 6.49. The van der Waals surface area contributed by atoms with Crippen LogP contribution in [0.15, 0.2) is 132 Å². The molecule has 0 amide bonds. The molecule has 3 aromatic heterocycles. The Morgan fingerprint density at radius 1 is 0.477 bits per heavy atom. The molecule has 3 heterocycles. The van der Waals surface area contributed by atoms with Crippen LogP contribution in [0.5, 0.6) is 0 Å². The summed E-state index contributed by atoms with van der Waals surface area (Å²) in [4.78, 5) is 10.9. The maximum absolute atomic E-state index is 6.49. The van der Waals surface area contributed by atoms with E-state index in [-0.39, 0.29) is 0 Å². The normalized spacial score (nSPS) is 12.5. The maximum Gasteiger partial charge on any atom is 0.165 e. The van der Waals surface area contributed by atoms with Gasteiger partial charge in [-0.1, -0.05) is 97.1 Å². The molecule has 0 saturated heterocycles. The zero-order chi connectivity index (χ0) is 28.5. The molecule has 7 aromatic carbocycles. The third kappa shape index (κ3) is 2.69. The van der Waals surface area contributed by atoms with E-state index in [1.54, 1.807) is 0 Å². The second kappa shape index (κ2) is 7.88. The fourth-order valence-corrected chi connectivity index (χ4v) is 7.68. The lowest BCUT2D eigenvalue weighted by molar-refractivity contribution is 0.669. The van der Waals surface area contributed by atoms with Crippen LogP contribution in [0.1, 0.15) is 0 Å². The van der Waals surface area contributed by atoms with E-state index in [9.17, 15) is 0 Å². The lowest BCUT2D eigenvalue weighted by Gasteiger charge is -2.15. The van der Waals surface area contributed by atoms with Crippen molar-refractivity contribution < 1.29 is 4.42 Å². The van der Waals surface area contributed by atoms with Gasteiger partial charge in [0.2, 0.25) is 0 Å². The second-order valence-corrected chi connectivity index (χ2v) is 11.7. The van der Waals surface area contributed by atoms with Gasteiger partial charge in [0.15, 0.2) is 5.82 Å². The van der Waals surface area contributed by atoms with Crippen molar-refractivity contribution in [1.29, 1.82) is 0 Å². The van der Waals surface area contributed by atoms with E-state index in [1.165, 1.54) is 43.4 Å². The summed E-state index contributed by atoms with van der Waals surface area (Å²) in [6.07, 6.45) is 0. The molecular formula is C40H21N3O. The highest BCUT2D eigenvalue weighted by Crippen LogP contribution is 2.51. The SMILES string of the molecule is c1ccc(-c2nc3ccc4ccccc4c3nc2-n2c3ccc4cccc5c4c3c3c4c(ccc32)oc2cccc-5c24)cc1. The number of benzene rings is 7. The van der Waals surface area contributed by atoms with Gasteiger partial charge in [0.05, 0.1) is 22.1 Å². The predicted octanol–water partition coefficient (Wildman–Crippen LogP) is 10.6. The predicted molar refractivity (Wildman–Crippen MR) is 181 cm³/mol. The molecule has 0 aliphatic heterocycles. The summed E-state index contributed by atoms with van der Waals surface area (Å²) >= 11 is 0. The molecule has 0 spiro atoms. The van der Waals surface area contributed by atoms with Gasteiger partial charge in [-0.05, 0) is 57.6 Å². The Balaban J connectivity index is 1.41. The van der Waals surface area contributed by atoms with E-state index in [1.807, 2.05) is 6.07 Å². The van der Waals surface area contributed by atoms with Gasteiger partial charge in [-0.15, -0.1) is 0 Å². The average Bonchev–Trinajstić information content (AvgIpc) is 3.59. The number of hydrogen-bond acceptors (Lipinski definition) is 3. The van der Waals surface area contributed by atoms with Crippen molar-refractivity contribution in [2.75, 3.05) is 0 Å². The van der Waals surface area contributed by atoms with Crippen molar-refractivity contribution in [2.24, 2.45) is 0 Å². The topological polar surface area (TPSA) is 43.9 Å². The largest absolute Gasteiger partial charge is 0.456 e. The lowest BCUT2D eigenvalue weighted by Crippen LogP contribution is -2.04. The van der Waals surface area contributed by atoms with Gasteiger partial charge >= 0.3 is 0 Å². The minimum Gasteiger partial charge on any atom is -0.456 e. The second-order valence-electron chi connectivity index (χ2n) is 11.7. The average molecular weight is 560 g/mol. The summed E-state index contributed by atoms with van der Waals surface area (Å²) in [7, 11) is 0. The van der Waals surface area contributed by atoms with Crippen LogP contribution >= 0.6 is 0 Å². The molecule has 0 fully saturated rings. The third-order valence-electron chi connectivity index (χ3n) is 9.49. The summed E-state index contributed by atoms with van der Waals surface area (Å²) in [6.45, 7) is 0. The number of furan rings is 1. The van der Waals surface area contributed by atoms with E-state index in [2.05, 4.69) is 126 Å². The molecule has 1 aliphatic carbocycles. The molecular weight excluding hydrogens is 538 g/mol. The van der Waals surface area contributed by atoms with Crippen LogP contribution in [0, 0.1) is 0 Å². The summed E-state index contributed by atoms with van der Waals surface area (Å²) < 4.78 is 8.83. The smallest absolute Gasteiger partial charge is 0.165 e. The molecule has 202 valence electrons. The highest BCUT2D eigenvalue weighted by Gasteiger charge is 2.27. The summed E-state index contributed by atoms with van der Waals surface area (Å²) in [5.74, 6) is 0.824. The fourth-order valence-electron chi connectivity index (χ4n) is 7.68. The Morgan fingerprint density at radius 2 is 1.18 bits per heavy atom. The molecule has 44 heavy (non-hydrogen) atoms. The van der Waals surface area contributed by atoms with E-state index >= 15 is 0 Å². The van der Waals surface area contributed by atoms with E-state index < -0.39 is 0 Å². The summed E-state index contributed by atoms with van der Waals surface area (Å²) in [6, 6.07) is 45.0. The molecule has 10 aromatic rings. The zero-order valence-corrected chi connectivity index (χ0v) is 23.4. The summed E-state index contributed by atoms with van der Waals surface area (Å²) in [5.41, 5.74) is 10.2. The first kappa shape index (κ1) is 22.6. The quantitative estimate of drug-likeness (QED) is 0.198. The molecule has 0 N–H and O–H groups in total. The molecule has 0 saturated carbocycles. The van der Waals surface area contributed by atoms with E-state index in [4.69, 9.17) is 14.4 Å². The Kier molecular flexibility index (Phi) is 4.04. The van der Waals surface area contributed by atoms with Gasteiger partial charge in [-0.25, -0.2) is 9.97 Å². The van der Waals surface area contributed by atoms with Gasteiger partial charge in [0.25, 0.3) is 0 Å². The van der Waals surface area contributed by atoms with Crippen molar-refractivity contribution in [3.05, 3.63) is 127 Å². The van der Waals surface area contributed by atoms with Crippen LogP contribution in [0.2, 0.25) is 0 Å². The van der Waals surface area contributed by atoms with Crippen LogP contribution in [0.25, 0.3) is 105 Å². The molecule has 0 unspecified atom stereocenters. The zero-order valence-electron chi connectivity index (χ0n) is 23.4. The Morgan fingerprint density at radius 3 is 2.09 bits per heavy atom. The molecule has 1 aliphatic rings. The highest BCUT2D eigenvalue weighted by atomic mass is 16.3. The van der Waals surface area contributed by atoms with Gasteiger partial charge < -0.3 is 4.42 Å². The Hall–Kier alpha value is -6.00. The van der Waals surface area contributed by atoms with Crippen molar-refractivity contribution in [3.63, 3.8) is 0 Å². The van der Waals surface area contributed by atoms with E-state index in [0.29, 0.717) is 0 Å². The first-order chi connectivity index (χ1) is 21.8. The summed E-state index contributed by atoms with van der Waals surface area (Å²) in [5, 5.41) is 9.53. The van der Waals surface area contributed by atoms with Crippen LogP contribution in [0.4, 0.5) is 0 Å². The molecule has 0 bridgehead atoms. The molecule has 0 radical (unpaired) electrons. The van der Waals surface area contributed by atoms with Crippen molar-refractivity contribution in [3.8, 4) is 28.2 Å². The standard InChI is InChI=1S/C40H21N3O/c1-2-9-24(10-3-1)38-40(42-39-25-12-5-4-8-22(25)16-18-28(39)41-38)43-29-19-17-23-11-6-13-26-27-14-7-15-31-34(27)37-32(44-31)21-20-30(43)36(37)35(29)33(23)26/h1-21H. The number of aromatic nitrogens is 3. The Labute approximate surface area is 250 Å². The highest BCUT2D eigenvalue weighted by molar-refractivity contribution is 6.38. The minimum absolute atomic E-state index is 0.824. The minimum atomic E-state index is 0.824. The van der Waals surface area contributed by atoms with Crippen LogP contribution < -0.4 is 0 Å². The first-order valence-electron chi connectivity index (χ1n) is 14.9. The van der Waals surface area contributed by atoms with Crippen molar-refractivity contribution in [1.82, 2.24) is 14.5 Å². The lowest BCUT2D eigenvalue weighted by atomic mass is 9.95. The number of nitrogens with zero attached hydrogens (tertiary/aromatic N) is 3.